The predicted molar refractivity (Wildman–Crippen MR) is 103 cm³/mol. The molecule has 0 bridgehead atoms. The molecule has 3 aromatic rings. The van der Waals surface area contributed by atoms with E-state index in [0.29, 0.717) is 22.0 Å². The number of nitrogens with one attached hydrogen (secondary N) is 2. The summed E-state index contributed by atoms with van der Waals surface area (Å²) in [6, 6.07) is 8.96. The molecule has 2 aromatic carbocycles. The van der Waals surface area contributed by atoms with Crippen molar-refractivity contribution in [1.29, 1.82) is 0 Å². The topological polar surface area (TPSA) is 59.0 Å². The number of halogens is 5. The molecule has 0 aliphatic carbocycles. The number of rotatable bonds is 3. The van der Waals surface area contributed by atoms with Crippen molar-refractivity contribution >= 4 is 40.6 Å². The third-order valence-electron chi connectivity index (χ3n) is 3.82. The first kappa shape index (κ1) is 20.0. The van der Waals surface area contributed by atoms with E-state index in [1.807, 2.05) is 0 Å². The minimum Gasteiger partial charge on any atom is -0.308 e. The summed E-state index contributed by atoms with van der Waals surface area (Å²) in [5, 5.41) is 9.09. The summed E-state index contributed by atoms with van der Waals surface area (Å²) in [7, 11) is 1.72. The molecule has 2 N–H and O–H groups in total. The highest BCUT2D eigenvalue weighted by molar-refractivity contribution is 6.33. The van der Waals surface area contributed by atoms with Crippen LogP contribution in [-0.2, 0) is 13.2 Å². The van der Waals surface area contributed by atoms with Crippen molar-refractivity contribution in [3.63, 3.8) is 0 Å². The summed E-state index contributed by atoms with van der Waals surface area (Å²) >= 11 is 11.8. The second-order valence-corrected chi connectivity index (χ2v) is 6.66. The van der Waals surface area contributed by atoms with Gasteiger partial charge in [-0.1, -0.05) is 35.3 Å². The number of aryl methyl sites for hydroxylation is 1. The van der Waals surface area contributed by atoms with Crippen molar-refractivity contribution in [2.24, 2.45) is 7.05 Å². The molecule has 28 heavy (non-hydrogen) atoms. The van der Waals surface area contributed by atoms with Crippen LogP contribution < -0.4 is 10.6 Å². The van der Waals surface area contributed by atoms with E-state index in [0.717, 1.165) is 12.1 Å². The van der Waals surface area contributed by atoms with E-state index in [1.54, 1.807) is 36.0 Å². The first-order valence-corrected chi connectivity index (χ1v) is 8.63. The predicted octanol–water partition coefficient (Wildman–Crippen LogP) is 6.06. The van der Waals surface area contributed by atoms with Crippen molar-refractivity contribution in [2.45, 2.75) is 6.18 Å². The van der Waals surface area contributed by atoms with Crippen LogP contribution in [0.2, 0.25) is 10.0 Å². The molecule has 0 saturated carbocycles. The number of aromatic nitrogens is 2. The highest BCUT2D eigenvalue weighted by atomic mass is 35.5. The summed E-state index contributed by atoms with van der Waals surface area (Å²) < 4.78 is 41.0. The Kier molecular flexibility index (Phi) is 5.53. The van der Waals surface area contributed by atoms with E-state index in [2.05, 4.69) is 15.7 Å². The first-order valence-electron chi connectivity index (χ1n) is 7.88. The van der Waals surface area contributed by atoms with Crippen molar-refractivity contribution < 1.29 is 18.0 Å². The smallest absolute Gasteiger partial charge is 0.308 e. The van der Waals surface area contributed by atoms with E-state index in [9.17, 15) is 18.0 Å². The zero-order valence-corrected chi connectivity index (χ0v) is 15.8. The molecule has 10 heteroatoms. The molecular weight excluding hydrogens is 416 g/mol. The zero-order chi connectivity index (χ0) is 20.5. The van der Waals surface area contributed by atoms with Crippen LogP contribution in [0.4, 0.5) is 29.3 Å². The number of urea groups is 1. The lowest BCUT2D eigenvalue weighted by Gasteiger charge is -2.15. The average Bonchev–Trinajstić information content (AvgIpc) is 2.94. The lowest BCUT2D eigenvalue weighted by atomic mass is 10.1. The van der Waals surface area contributed by atoms with Crippen molar-refractivity contribution in [3.05, 3.63) is 64.3 Å². The van der Waals surface area contributed by atoms with Crippen LogP contribution in [0.15, 0.2) is 48.7 Å². The third kappa shape index (κ3) is 4.40. The average molecular weight is 429 g/mol. The quantitative estimate of drug-likeness (QED) is 0.532. The van der Waals surface area contributed by atoms with Crippen molar-refractivity contribution in [3.8, 4) is 11.3 Å². The lowest BCUT2D eigenvalue weighted by molar-refractivity contribution is -0.136. The maximum absolute atomic E-state index is 13.1. The monoisotopic (exact) mass is 428 g/mol. The molecule has 0 atom stereocenters. The minimum absolute atomic E-state index is 0.0842. The second-order valence-electron chi connectivity index (χ2n) is 5.81. The van der Waals surface area contributed by atoms with Crippen LogP contribution in [0.3, 0.4) is 0 Å². The molecule has 0 unspecified atom stereocenters. The van der Waals surface area contributed by atoms with Crippen molar-refractivity contribution in [2.75, 3.05) is 10.6 Å². The number of carbonyl (C=O) groups is 1. The lowest BCUT2D eigenvalue weighted by Crippen LogP contribution is -2.21. The Labute approximate surface area is 168 Å². The van der Waals surface area contributed by atoms with Gasteiger partial charge >= 0.3 is 12.2 Å². The van der Waals surface area contributed by atoms with Crippen LogP contribution in [-0.4, -0.2) is 15.8 Å². The fraction of sp³-hybridized carbons (Fsp3) is 0.111. The molecular formula is C18H13Cl2F3N4O. The second kappa shape index (κ2) is 7.73. The standard InChI is InChI=1S/C18H13Cl2F3N4O/c1-27-16(14(20)9-24-27)10-3-2-4-12(7-10)25-17(28)26-15-6-5-11(19)8-13(15)18(21,22)23/h2-9H,1H3,(H2,25,26,28). The van der Waals surface area contributed by atoms with Gasteiger partial charge in [0.05, 0.1) is 28.2 Å². The Balaban J connectivity index is 1.81. The summed E-state index contributed by atoms with van der Waals surface area (Å²) in [5.41, 5.74) is 0.258. The number of alkyl halides is 3. The summed E-state index contributed by atoms with van der Waals surface area (Å²) in [6.07, 6.45) is -3.17. The molecule has 0 aliphatic rings. The Morgan fingerprint density at radius 3 is 2.50 bits per heavy atom. The van der Waals surface area contributed by atoms with Crippen LogP contribution >= 0.6 is 23.2 Å². The Hall–Kier alpha value is -2.71. The highest BCUT2D eigenvalue weighted by Gasteiger charge is 2.34. The van der Waals surface area contributed by atoms with Gasteiger partial charge in [0.2, 0.25) is 0 Å². The van der Waals surface area contributed by atoms with Crippen LogP contribution in [0.25, 0.3) is 11.3 Å². The van der Waals surface area contributed by atoms with Gasteiger partial charge in [0.15, 0.2) is 0 Å². The molecule has 3 rings (SSSR count). The summed E-state index contributed by atoms with van der Waals surface area (Å²) in [6.45, 7) is 0. The molecule has 5 nitrogen and oxygen atoms in total. The van der Waals surface area contributed by atoms with E-state index in [4.69, 9.17) is 23.2 Å². The van der Waals surface area contributed by atoms with Crippen LogP contribution in [0, 0.1) is 0 Å². The minimum atomic E-state index is -4.66. The number of benzene rings is 2. The van der Waals surface area contributed by atoms with Gasteiger partial charge in [0.25, 0.3) is 0 Å². The molecule has 146 valence electrons. The van der Waals surface area contributed by atoms with Gasteiger partial charge in [-0.15, -0.1) is 0 Å². The zero-order valence-electron chi connectivity index (χ0n) is 14.3. The van der Waals surface area contributed by atoms with Gasteiger partial charge in [-0.05, 0) is 30.3 Å². The number of nitrogens with zero attached hydrogens (tertiary/aromatic N) is 2. The normalized spacial score (nSPS) is 11.4. The Morgan fingerprint density at radius 1 is 1.11 bits per heavy atom. The summed E-state index contributed by atoms with van der Waals surface area (Å²) in [4.78, 5) is 12.2. The molecule has 2 amide bonds. The van der Waals surface area contributed by atoms with Gasteiger partial charge in [-0.2, -0.15) is 18.3 Å². The van der Waals surface area contributed by atoms with E-state index in [1.165, 1.54) is 12.3 Å². The van der Waals surface area contributed by atoms with E-state index < -0.39 is 23.5 Å². The highest BCUT2D eigenvalue weighted by Crippen LogP contribution is 2.36. The van der Waals surface area contributed by atoms with Gasteiger partial charge in [0, 0.05) is 23.3 Å². The molecule has 1 aromatic heterocycles. The molecule has 0 radical (unpaired) electrons. The molecule has 0 spiro atoms. The number of carbonyl (C=O) groups excluding carboxylic acids is 1. The summed E-state index contributed by atoms with van der Waals surface area (Å²) in [5.74, 6) is 0. The maximum atomic E-state index is 13.1. The maximum Gasteiger partial charge on any atom is 0.418 e. The molecule has 0 fully saturated rings. The SMILES string of the molecule is Cn1ncc(Cl)c1-c1cccc(NC(=O)Nc2ccc(Cl)cc2C(F)(F)F)c1. The Bertz CT molecular complexity index is 1010. The molecule has 1 heterocycles. The van der Waals surface area contributed by atoms with Crippen LogP contribution in [0.1, 0.15) is 5.56 Å². The van der Waals surface area contributed by atoms with Crippen LogP contribution in [0.5, 0.6) is 0 Å². The van der Waals surface area contributed by atoms with Crippen molar-refractivity contribution in [1.82, 2.24) is 9.78 Å². The number of hydrogen-bond donors (Lipinski definition) is 2. The van der Waals surface area contributed by atoms with E-state index in [-0.39, 0.29) is 5.02 Å². The fourth-order valence-electron chi connectivity index (χ4n) is 2.62. The fourth-order valence-corrected chi connectivity index (χ4v) is 3.07. The van der Waals surface area contributed by atoms with Gasteiger partial charge in [-0.25, -0.2) is 4.79 Å². The number of amides is 2. The van der Waals surface area contributed by atoms with Gasteiger partial charge in [0.1, 0.15) is 0 Å². The number of anilines is 2. The molecule has 0 saturated heterocycles. The largest absolute Gasteiger partial charge is 0.418 e. The van der Waals surface area contributed by atoms with E-state index >= 15 is 0 Å². The first-order chi connectivity index (χ1) is 13.1. The number of hydrogen-bond acceptors (Lipinski definition) is 2. The van der Waals surface area contributed by atoms with Gasteiger partial charge in [-0.3, -0.25) is 4.68 Å². The third-order valence-corrected chi connectivity index (χ3v) is 4.33. The molecule has 0 aliphatic heterocycles. The Morgan fingerprint density at radius 2 is 1.86 bits per heavy atom. The van der Waals surface area contributed by atoms with Gasteiger partial charge < -0.3 is 10.6 Å².